The number of hydrogen-bond acceptors (Lipinski definition) is 5. The second-order valence-corrected chi connectivity index (χ2v) is 21.7. The van der Waals surface area contributed by atoms with Gasteiger partial charge in [-0.1, -0.05) is 170 Å². The number of rotatable bonds is 8. The fraction of sp³-hybridized carbons (Fsp3) is 0. The van der Waals surface area contributed by atoms with Crippen LogP contribution in [-0.2, 0) is 0 Å². The Hall–Kier alpha value is -12.2. The van der Waals surface area contributed by atoms with Gasteiger partial charge < -0.3 is 18.3 Å². The maximum Gasteiger partial charge on any atom is 0.166 e. The summed E-state index contributed by atoms with van der Waals surface area (Å²) in [7, 11) is 0. The largest absolute Gasteiger partial charge is 0.309 e. The first-order chi connectivity index (χ1) is 42.6. The Morgan fingerprint density at radius 3 is 1.20 bits per heavy atom. The van der Waals surface area contributed by atoms with E-state index in [1.807, 2.05) is 72.8 Å². The molecule has 0 fully saturated rings. The lowest BCUT2D eigenvalue weighted by molar-refractivity contribution is 1.06. The number of nitrogens with zero attached hydrogens (tertiary/aromatic N) is 9. The fourth-order valence-electron chi connectivity index (χ4n) is 13.4. The van der Waals surface area contributed by atoms with E-state index in [-0.39, 0.29) is 0 Å². The molecule has 0 N–H and O–H groups in total. The van der Waals surface area contributed by atoms with Crippen molar-refractivity contribution in [1.29, 1.82) is 10.5 Å². The van der Waals surface area contributed by atoms with E-state index < -0.39 is 0 Å². The molecule has 9 heteroatoms. The van der Waals surface area contributed by atoms with Crippen molar-refractivity contribution in [3.05, 3.63) is 284 Å². The van der Waals surface area contributed by atoms with Gasteiger partial charge in [-0.3, -0.25) is 0 Å². The molecule has 0 aliphatic heterocycles. The van der Waals surface area contributed by atoms with Crippen LogP contribution >= 0.6 is 0 Å². The molecular weight excluding hydrogens is 1050 g/mol. The summed E-state index contributed by atoms with van der Waals surface area (Å²) in [5.41, 5.74) is 17.2. The zero-order valence-corrected chi connectivity index (χ0v) is 46.0. The summed E-state index contributed by atoms with van der Waals surface area (Å²) in [4.78, 5) is 16.6. The van der Waals surface area contributed by atoms with Crippen LogP contribution < -0.4 is 0 Å². The average Bonchev–Trinajstić information content (AvgIpc) is 1.89. The van der Waals surface area contributed by atoms with Crippen molar-refractivity contribution >= 4 is 87.2 Å². The van der Waals surface area contributed by atoms with E-state index in [0.717, 1.165) is 121 Å². The van der Waals surface area contributed by atoms with Gasteiger partial charge in [0.25, 0.3) is 0 Å². The maximum absolute atomic E-state index is 10.8. The molecular formula is C77H45N9. The van der Waals surface area contributed by atoms with Crippen molar-refractivity contribution in [2.24, 2.45) is 0 Å². The van der Waals surface area contributed by atoms with Gasteiger partial charge in [-0.2, -0.15) is 10.5 Å². The topological polar surface area (TPSA) is 106 Å². The highest BCUT2D eigenvalue weighted by Crippen LogP contribution is 2.46. The smallest absolute Gasteiger partial charge is 0.166 e. The molecule has 0 unspecified atom stereocenters. The Bertz CT molecular complexity index is 5740. The van der Waals surface area contributed by atoms with E-state index in [0.29, 0.717) is 34.2 Å². The van der Waals surface area contributed by atoms with Crippen LogP contribution in [0.3, 0.4) is 0 Å². The van der Waals surface area contributed by atoms with Crippen molar-refractivity contribution in [2.45, 2.75) is 0 Å². The summed E-state index contributed by atoms with van der Waals surface area (Å²) < 4.78 is 9.44. The molecule has 9 nitrogen and oxygen atoms in total. The molecule has 0 aliphatic rings. The summed E-state index contributed by atoms with van der Waals surface area (Å²) in [5.74, 6) is 1.29. The predicted molar refractivity (Wildman–Crippen MR) is 348 cm³/mol. The van der Waals surface area contributed by atoms with Crippen LogP contribution in [0, 0.1) is 22.7 Å². The molecule has 17 aromatic rings. The summed E-state index contributed by atoms with van der Waals surface area (Å²) in [6, 6.07) is 99.4. The van der Waals surface area contributed by atoms with E-state index in [1.165, 1.54) is 10.8 Å². The monoisotopic (exact) mass is 1100 g/mol. The van der Waals surface area contributed by atoms with Crippen molar-refractivity contribution in [1.82, 2.24) is 33.2 Å². The van der Waals surface area contributed by atoms with Crippen molar-refractivity contribution in [3.8, 4) is 80.2 Å². The van der Waals surface area contributed by atoms with Crippen molar-refractivity contribution in [3.63, 3.8) is 0 Å². The highest BCUT2D eigenvalue weighted by molar-refractivity contribution is 6.28. The lowest BCUT2D eigenvalue weighted by Crippen LogP contribution is -2.06. The normalized spacial score (nSPS) is 11.7. The van der Waals surface area contributed by atoms with E-state index in [9.17, 15) is 10.5 Å². The molecule has 12 aromatic carbocycles. The minimum absolute atomic E-state index is 0.394. The van der Waals surface area contributed by atoms with Crippen LogP contribution in [0.15, 0.2) is 273 Å². The van der Waals surface area contributed by atoms with Gasteiger partial charge in [0.15, 0.2) is 17.5 Å². The molecule has 17 rings (SSSR count). The second kappa shape index (κ2) is 19.2. The van der Waals surface area contributed by atoms with Gasteiger partial charge in [0.05, 0.1) is 78.8 Å². The molecule has 0 saturated heterocycles. The van der Waals surface area contributed by atoms with Crippen LogP contribution in [0.4, 0.5) is 0 Å². The zero-order valence-electron chi connectivity index (χ0n) is 46.0. The summed E-state index contributed by atoms with van der Waals surface area (Å²) in [6.07, 6.45) is 0. The highest BCUT2D eigenvalue weighted by atomic mass is 15.1. The van der Waals surface area contributed by atoms with Gasteiger partial charge in [-0.05, 0) is 114 Å². The van der Waals surface area contributed by atoms with Gasteiger partial charge in [0.2, 0.25) is 0 Å². The minimum Gasteiger partial charge on any atom is -0.309 e. The quantitative estimate of drug-likeness (QED) is 0.151. The van der Waals surface area contributed by atoms with Gasteiger partial charge in [-0.15, -0.1) is 0 Å². The fourth-order valence-corrected chi connectivity index (χ4v) is 13.4. The molecule has 0 saturated carbocycles. The predicted octanol–water partition coefficient (Wildman–Crippen LogP) is 18.7. The van der Waals surface area contributed by atoms with Crippen LogP contribution in [0.2, 0.25) is 0 Å². The minimum atomic E-state index is 0.394. The molecule has 0 aliphatic carbocycles. The van der Waals surface area contributed by atoms with E-state index in [4.69, 9.17) is 15.0 Å². The number of aromatic nitrogens is 7. The van der Waals surface area contributed by atoms with Gasteiger partial charge >= 0.3 is 0 Å². The third kappa shape index (κ3) is 7.32. The van der Waals surface area contributed by atoms with E-state index in [2.05, 4.69) is 231 Å². The molecule has 398 valence electrons. The van der Waals surface area contributed by atoms with Crippen LogP contribution in [-0.4, -0.2) is 33.2 Å². The Morgan fingerprint density at radius 1 is 0.267 bits per heavy atom. The lowest BCUT2D eigenvalue weighted by Gasteiger charge is -2.18. The van der Waals surface area contributed by atoms with Gasteiger partial charge in [0, 0.05) is 71.2 Å². The molecule has 0 radical (unpaired) electrons. The summed E-state index contributed by atoms with van der Waals surface area (Å²) in [6.45, 7) is 0. The number of para-hydroxylation sites is 6. The molecule has 0 bridgehead atoms. The zero-order chi connectivity index (χ0) is 57.0. The molecule has 0 spiro atoms. The maximum atomic E-state index is 10.8. The van der Waals surface area contributed by atoms with Crippen LogP contribution in [0.1, 0.15) is 11.1 Å². The lowest BCUT2D eigenvalue weighted by atomic mass is 9.99. The van der Waals surface area contributed by atoms with Gasteiger partial charge in [-0.25, -0.2) is 15.0 Å². The highest BCUT2D eigenvalue weighted by Gasteiger charge is 2.27. The molecule has 5 aromatic heterocycles. The first kappa shape index (κ1) is 48.5. The summed E-state index contributed by atoms with van der Waals surface area (Å²) >= 11 is 0. The molecule has 86 heavy (non-hydrogen) atoms. The van der Waals surface area contributed by atoms with Crippen molar-refractivity contribution < 1.29 is 0 Å². The number of nitriles is 2. The standard InChI is InChI=1S/C77H45N9/c78-46-48-19-18-22-51(43-48)52-36-40-68(86-66-34-17-13-30-60(66)72-70(86)42-38-58-56-28-11-15-32-64(56)84(74(58)72)54-25-8-3-9-26-54)62(45-52)77-81-75(50-20-4-1-5-21-50)80-76(82-77)61-44-49(47-79)35-39-67(61)85-65-33-16-12-29-59(65)71-69(85)41-37-57-55-27-10-14-31-63(55)83(73(57)71)53-23-6-2-7-24-53/h1-45H. The van der Waals surface area contributed by atoms with Crippen molar-refractivity contribution in [2.75, 3.05) is 0 Å². The Kier molecular flexibility index (Phi) is 10.8. The molecule has 5 heterocycles. The second-order valence-electron chi connectivity index (χ2n) is 21.7. The number of fused-ring (bicyclic) bond motifs is 14. The number of hydrogen-bond donors (Lipinski definition) is 0. The first-order valence-corrected chi connectivity index (χ1v) is 28.6. The van der Waals surface area contributed by atoms with Crippen LogP contribution in [0.25, 0.3) is 155 Å². The third-order valence-corrected chi connectivity index (χ3v) is 17.0. The van der Waals surface area contributed by atoms with Gasteiger partial charge in [0.1, 0.15) is 0 Å². The number of benzene rings is 12. The SMILES string of the molecule is N#Cc1cccc(-c2ccc(-n3c4ccccc4c4c3ccc3c5ccccc5n(-c5ccccc5)c34)c(-c3nc(-c4ccccc4)nc(-c4cc(C#N)ccc4-n4c5ccccc5c5c4ccc4c6ccccc6n(-c6ccccc6)c45)n3)c2)c1. The Morgan fingerprint density at radius 2 is 0.674 bits per heavy atom. The Labute approximate surface area is 492 Å². The first-order valence-electron chi connectivity index (χ1n) is 28.6. The average molecular weight is 1100 g/mol. The Balaban J connectivity index is 0.965. The van der Waals surface area contributed by atoms with E-state index in [1.54, 1.807) is 0 Å². The molecule has 0 amide bonds. The molecule has 0 atom stereocenters. The van der Waals surface area contributed by atoms with Crippen LogP contribution in [0.5, 0.6) is 0 Å². The summed E-state index contributed by atoms with van der Waals surface area (Å²) in [5, 5.41) is 30.0. The third-order valence-electron chi connectivity index (χ3n) is 17.0. The van der Waals surface area contributed by atoms with E-state index >= 15 is 0 Å².